The van der Waals surface area contributed by atoms with Gasteiger partial charge in [0.15, 0.2) is 17.8 Å². The van der Waals surface area contributed by atoms with Crippen LogP contribution in [-0.2, 0) is 4.79 Å². The van der Waals surface area contributed by atoms with Crippen LogP contribution in [0.2, 0.25) is 0 Å². The fraction of sp³-hybridized carbons (Fsp3) is 0.235. The lowest BCUT2D eigenvalue weighted by Gasteiger charge is -2.29. The third kappa shape index (κ3) is 2.01. The molecular formula is C17H16N4O3. The Morgan fingerprint density at radius 3 is 2.92 bits per heavy atom. The zero-order chi connectivity index (χ0) is 16.8. The molecule has 7 nitrogen and oxygen atoms in total. The van der Waals surface area contributed by atoms with E-state index in [0.29, 0.717) is 28.2 Å². The van der Waals surface area contributed by atoms with Crippen molar-refractivity contribution in [3.05, 3.63) is 53.2 Å². The molecule has 0 radical (unpaired) electrons. The van der Waals surface area contributed by atoms with Gasteiger partial charge in [-0.25, -0.2) is 9.78 Å². The molecule has 0 spiro atoms. The van der Waals surface area contributed by atoms with Gasteiger partial charge in [-0.05, 0) is 17.5 Å². The van der Waals surface area contributed by atoms with Gasteiger partial charge in [-0.1, -0.05) is 26.0 Å². The van der Waals surface area contributed by atoms with E-state index in [1.54, 1.807) is 6.20 Å². The molecule has 1 aromatic carbocycles. The first-order valence-corrected chi connectivity index (χ1v) is 7.68. The maximum Gasteiger partial charge on any atom is 0.334 e. The molecule has 4 rings (SSSR count). The SMILES string of the molecule is CC(C)C1=C(C(=O)O)C(c2cccc3ocnc23)c2c[nH]nc2N1. The third-order valence-corrected chi connectivity index (χ3v) is 4.32. The molecule has 0 amide bonds. The summed E-state index contributed by atoms with van der Waals surface area (Å²) in [6.45, 7) is 3.91. The first-order chi connectivity index (χ1) is 11.6. The average molecular weight is 324 g/mol. The average Bonchev–Trinajstić information content (AvgIpc) is 3.20. The molecule has 1 aliphatic rings. The molecular weight excluding hydrogens is 308 g/mol. The summed E-state index contributed by atoms with van der Waals surface area (Å²) in [5, 5.41) is 20.1. The van der Waals surface area contributed by atoms with Gasteiger partial charge >= 0.3 is 5.97 Å². The van der Waals surface area contributed by atoms with Crippen LogP contribution in [-0.4, -0.2) is 26.3 Å². The number of H-pyrrole nitrogens is 1. The first-order valence-electron chi connectivity index (χ1n) is 7.68. The van der Waals surface area contributed by atoms with Crippen molar-refractivity contribution in [2.75, 3.05) is 5.32 Å². The van der Waals surface area contributed by atoms with Crippen molar-refractivity contribution in [3.63, 3.8) is 0 Å². The lowest BCUT2D eigenvalue weighted by Crippen LogP contribution is -2.25. The van der Waals surface area contributed by atoms with E-state index < -0.39 is 11.9 Å². The molecule has 2 aromatic heterocycles. The molecule has 3 N–H and O–H groups in total. The standard InChI is InChI=1S/C17H16N4O3/c1-8(2)14-13(17(22)23)12(10-6-19-21-16(10)20-14)9-4-3-5-11-15(9)18-7-24-11/h3-8,12H,1-2H3,(H,22,23)(H2,19,20,21). The number of rotatable bonds is 3. The molecule has 0 fully saturated rings. The molecule has 122 valence electrons. The number of oxazole rings is 1. The highest BCUT2D eigenvalue weighted by Gasteiger charge is 2.37. The second-order valence-electron chi connectivity index (χ2n) is 6.08. The van der Waals surface area contributed by atoms with E-state index in [9.17, 15) is 9.90 Å². The summed E-state index contributed by atoms with van der Waals surface area (Å²) in [6.07, 6.45) is 3.10. The minimum atomic E-state index is -0.955. The molecule has 3 aromatic rings. The molecule has 0 saturated carbocycles. The highest BCUT2D eigenvalue weighted by atomic mass is 16.4. The highest BCUT2D eigenvalue weighted by molar-refractivity contribution is 5.94. The second kappa shape index (κ2) is 5.23. The molecule has 7 heteroatoms. The lowest BCUT2D eigenvalue weighted by atomic mass is 9.80. The molecule has 0 saturated heterocycles. The van der Waals surface area contributed by atoms with Gasteiger partial charge < -0.3 is 14.8 Å². The van der Waals surface area contributed by atoms with Crippen LogP contribution < -0.4 is 5.32 Å². The number of nitrogens with one attached hydrogen (secondary N) is 2. The van der Waals surface area contributed by atoms with Crippen molar-refractivity contribution in [1.82, 2.24) is 15.2 Å². The van der Waals surface area contributed by atoms with E-state index in [-0.39, 0.29) is 5.92 Å². The minimum Gasteiger partial charge on any atom is -0.478 e. The van der Waals surface area contributed by atoms with Crippen LogP contribution in [0.1, 0.15) is 30.9 Å². The molecule has 0 aliphatic carbocycles. The van der Waals surface area contributed by atoms with Crippen LogP contribution in [0.3, 0.4) is 0 Å². The maximum absolute atomic E-state index is 12.1. The topological polar surface area (TPSA) is 104 Å². The van der Waals surface area contributed by atoms with E-state index >= 15 is 0 Å². The lowest BCUT2D eigenvalue weighted by molar-refractivity contribution is -0.133. The molecule has 24 heavy (non-hydrogen) atoms. The fourth-order valence-corrected chi connectivity index (χ4v) is 3.28. The largest absolute Gasteiger partial charge is 0.478 e. The van der Waals surface area contributed by atoms with Crippen LogP contribution >= 0.6 is 0 Å². The van der Waals surface area contributed by atoms with Crippen molar-refractivity contribution < 1.29 is 14.3 Å². The van der Waals surface area contributed by atoms with Crippen molar-refractivity contribution in [1.29, 1.82) is 0 Å². The molecule has 1 unspecified atom stereocenters. The Labute approximate surface area is 137 Å². The van der Waals surface area contributed by atoms with Gasteiger partial charge in [-0.3, -0.25) is 5.10 Å². The number of allylic oxidation sites excluding steroid dienone is 1. The Bertz CT molecular complexity index is 967. The third-order valence-electron chi connectivity index (χ3n) is 4.32. The number of aromatic nitrogens is 3. The van der Waals surface area contributed by atoms with E-state index in [0.717, 1.165) is 11.1 Å². The minimum absolute atomic E-state index is 0.0139. The van der Waals surface area contributed by atoms with E-state index in [2.05, 4.69) is 20.5 Å². The summed E-state index contributed by atoms with van der Waals surface area (Å²) < 4.78 is 5.38. The predicted molar refractivity (Wildman–Crippen MR) is 87.6 cm³/mol. The summed E-state index contributed by atoms with van der Waals surface area (Å²) in [7, 11) is 0. The summed E-state index contributed by atoms with van der Waals surface area (Å²) in [5.74, 6) is -0.763. The number of carboxylic acid groups (broad SMARTS) is 1. The molecule has 0 bridgehead atoms. The number of nitrogens with zero attached hydrogens (tertiary/aromatic N) is 2. The van der Waals surface area contributed by atoms with E-state index in [1.807, 2.05) is 32.0 Å². The zero-order valence-corrected chi connectivity index (χ0v) is 13.2. The van der Waals surface area contributed by atoms with Crippen LogP contribution in [0.25, 0.3) is 11.1 Å². The summed E-state index contributed by atoms with van der Waals surface area (Å²) >= 11 is 0. The van der Waals surface area contributed by atoms with Gasteiger partial charge in [0.1, 0.15) is 5.52 Å². The molecule has 1 aliphatic heterocycles. The second-order valence-corrected chi connectivity index (χ2v) is 6.08. The van der Waals surface area contributed by atoms with Gasteiger partial charge in [0.05, 0.1) is 11.5 Å². The maximum atomic E-state index is 12.1. The zero-order valence-electron chi connectivity index (χ0n) is 13.2. The Kier molecular flexibility index (Phi) is 3.16. The Hall–Kier alpha value is -3.09. The monoisotopic (exact) mass is 324 g/mol. The van der Waals surface area contributed by atoms with Crippen molar-refractivity contribution >= 4 is 22.9 Å². The van der Waals surface area contributed by atoms with Gasteiger partial charge in [0, 0.05) is 17.5 Å². The summed E-state index contributed by atoms with van der Waals surface area (Å²) in [4.78, 5) is 16.4. The van der Waals surface area contributed by atoms with Crippen molar-refractivity contribution in [2.24, 2.45) is 5.92 Å². The number of hydrogen-bond donors (Lipinski definition) is 3. The van der Waals surface area contributed by atoms with Crippen molar-refractivity contribution in [2.45, 2.75) is 19.8 Å². The van der Waals surface area contributed by atoms with Crippen LogP contribution in [0.4, 0.5) is 5.82 Å². The van der Waals surface area contributed by atoms with Crippen LogP contribution in [0.15, 0.2) is 46.5 Å². The Balaban J connectivity index is 2.04. The van der Waals surface area contributed by atoms with Crippen LogP contribution in [0, 0.1) is 5.92 Å². The van der Waals surface area contributed by atoms with Gasteiger partial charge in [0.25, 0.3) is 0 Å². The smallest absolute Gasteiger partial charge is 0.334 e. The highest BCUT2D eigenvalue weighted by Crippen LogP contribution is 2.44. The molecule has 1 atom stereocenters. The number of carboxylic acids is 1. The predicted octanol–water partition coefficient (Wildman–Crippen LogP) is 3.10. The van der Waals surface area contributed by atoms with Gasteiger partial charge in [0.2, 0.25) is 0 Å². The number of hydrogen-bond acceptors (Lipinski definition) is 5. The van der Waals surface area contributed by atoms with Crippen LogP contribution in [0.5, 0.6) is 0 Å². The summed E-state index contributed by atoms with van der Waals surface area (Å²) in [6, 6.07) is 5.55. The number of aromatic amines is 1. The number of aliphatic carboxylic acids is 1. The Morgan fingerprint density at radius 1 is 1.33 bits per heavy atom. The number of para-hydroxylation sites is 1. The number of anilines is 1. The number of benzene rings is 1. The van der Waals surface area contributed by atoms with Gasteiger partial charge in [-0.15, -0.1) is 0 Å². The van der Waals surface area contributed by atoms with Crippen molar-refractivity contribution in [3.8, 4) is 0 Å². The Morgan fingerprint density at radius 2 is 2.17 bits per heavy atom. The number of fused-ring (bicyclic) bond motifs is 2. The van der Waals surface area contributed by atoms with E-state index in [1.165, 1.54) is 6.39 Å². The molecule has 3 heterocycles. The quantitative estimate of drug-likeness (QED) is 0.684. The number of carbonyl (C=O) groups is 1. The van der Waals surface area contributed by atoms with E-state index in [4.69, 9.17) is 4.42 Å². The normalized spacial score (nSPS) is 17.2. The first kappa shape index (κ1) is 14.5. The fourth-order valence-electron chi connectivity index (χ4n) is 3.28. The van der Waals surface area contributed by atoms with Gasteiger partial charge in [-0.2, -0.15) is 5.10 Å². The summed E-state index contributed by atoms with van der Waals surface area (Å²) in [5.41, 5.74) is 3.85.